The Morgan fingerprint density at radius 3 is 2.54 bits per heavy atom. The van der Waals surface area contributed by atoms with Crippen LogP contribution in [-0.4, -0.2) is 34.5 Å². The zero-order chi connectivity index (χ0) is 26.6. The van der Waals surface area contributed by atoms with Gasteiger partial charge in [0.15, 0.2) is 11.5 Å². The number of fused-ring (bicyclic) bond motifs is 2. The Morgan fingerprint density at radius 1 is 0.923 bits per heavy atom. The second kappa shape index (κ2) is 11.2. The molecule has 0 unspecified atom stereocenters. The molecule has 1 atom stereocenters. The molecule has 4 aromatic rings. The predicted molar refractivity (Wildman–Crippen MR) is 149 cm³/mol. The van der Waals surface area contributed by atoms with Crippen molar-refractivity contribution in [1.29, 1.82) is 0 Å². The number of hydrogen-bond donors (Lipinski definition) is 2. The van der Waals surface area contributed by atoms with Gasteiger partial charge in [0.1, 0.15) is 6.04 Å². The first-order valence-corrected chi connectivity index (χ1v) is 13.7. The van der Waals surface area contributed by atoms with Crippen molar-refractivity contribution in [3.05, 3.63) is 95.7 Å². The third kappa shape index (κ3) is 5.48. The highest BCUT2D eigenvalue weighted by Gasteiger charge is 2.33. The molecule has 0 radical (unpaired) electrons. The van der Waals surface area contributed by atoms with Crippen LogP contribution in [0.3, 0.4) is 0 Å². The molecule has 0 saturated heterocycles. The summed E-state index contributed by atoms with van der Waals surface area (Å²) in [5.74, 6) is 1.08. The van der Waals surface area contributed by atoms with E-state index >= 15 is 0 Å². The summed E-state index contributed by atoms with van der Waals surface area (Å²) < 4.78 is 11.1. The zero-order valence-corrected chi connectivity index (χ0v) is 21.9. The van der Waals surface area contributed by atoms with Crippen molar-refractivity contribution in [2.24, 2.45) is 0 Å². The molecule has 2 heterocycles. The van der Waals surface area contributed by atoms with Crippen LogP contribution in [0.1, 0.15) is 54.8 Å². The van der Waals surface area contributed by atoms with Crippen molar-refractivity contribution in [3.63, 3.8) is 0 Å². The quantitative estimate of drug-likeness (QED) is 0.312. The van der Waals surface area contributed by atoms with Crippen molar-refractivity contribution >= 4 is 22.7 Å². The molecule has 2 aliphatic rings. The summed E-state index contributed by atoms with van der Waals surface area (Å²) in [7, 11) is 0. The summed E-state index contributed by atoms with van der Waals surface area (Å²) >= 11 is 0. The van der Waals surface area contributed by atoms with Crippen LogP contribution < -0.4 is 14.8 Å². The second-order valence-electron chi connectivity index (χ2n) is 10.4. The van der Waals surface area contributed by atoms with Gasteiger partial charge in [0.05, 0.1) is 6.42 Å². The Kier molecular flexibility index (Phi) is 7.21. The monoisotopic (exact) mass is 523 g/mol. The number of aromatic nitrogens is 1. The molecule has 39 heavy (non-hydrogen) atoms. The number of aromatic amines is 1. The van der Waals surface area contributed by atoms with Gasteiger partial charge in [-0.3, -0.25) is 9.59 Å². The van der Waals surface area contributed by atoms with Crippen LogP contribution in [0, 0.1) is 0 Å². The number of benzene rings is 3. The molecule has 0 spiro atoms. The minimum Gasteiger partial charge on any atom is -0.454 e. The molecule has 2 N–H and O–H groups in total. The minimum absolute atomic E-state index is 0.120. The summed E-state index contributed by atoms with van der Waals surface area (Å²) in [5, 5.41) is 4.30. The van der Waals surface area contributed by atoms with Crippen LogP contribution in [0.25, 0.3) is 10.9 Å². The zero-order valence-electron chi connectivity index (χ0n) is 21.9. The number of nitrogens with one attached hydrogen (secondary N) is 2. The van der Waals surface area contributed by atoms with Crippen molar-refractivity contribution in [2.75, 3.05) is 6.79 Å². The third-order valence-electron chi connectivity index (χ3n) is 7.75. The van der Waals surface area contributed by atoms with Crippen LogP contribution in [0.2, 0.25) is 0 Å². The molecule has 1 fully saturated rings. The summed E-state index contributed by atoms with van der Waals surface area (Å²) in [6, 6.07) is 22.6. The molecule has 7 nitrogen and oxygen atoms in total. The molecule has 1 aromatic heterocycles. The Labute approximate surface area is 228 Å². The minimum atomic E-state index is -0.767. The maximum absolute atomic E-state index is 14.2. The first-order valence-electron chi connectivity index (χ1n) is 13.7. The third-order valence-corrected chi connectivity index (χ3v) is 7.75. The molecule has 2 amide bonds. The molecule has 3 aromatic carbocycles. The van der Waals surface area contributed by atoms with E-state index in [-0.39, 0.29) is 37.6 Å². The van der Waals surface area contributed by atoms with Gasteiger partial charge in [-0.2, -0.15) is 0 Å². The van der Waals surface area contributed by atoms with Gasteiger partial charge < -0.3 is 24.7 Å². The lowest BCUT2D eigenvalue weighted by molar-refractivity contribution is -0.141. The van der Waals surface area contributed by atoms with E-state index in [1.165, 1.54) is 6.42 Å². The van der Waals surface area contributed by atoms with E-state index < -0.39 is 6.04 Å². The van der Waals surface area contributed by atoms with E-state index in [0.29, 0.717) is 11.5 Å². The van der Waals surface area contributed by atoms with E-state index in [2.05, 4.69) is 10.3 Å². The molecule has 1 saturated carbocycles. The van der Waals surface area contributed by atoms with Crippen molar-refractivity contribution in [2.45, 2.75) is 57.2 Å². The van der Waals surface area contributed by atoms with Gasteiger partial charge in [-0.15, -0.1) is 0 Å². The highest BCUT2D eigenvalue weighted by Crippen LogP contribution is 2.34. The molecular formula is C32H33N3O4. The largest absolute Gasteiger partial charge is 0.454 e. The maximum Gasteiger partial charge on any atom is 0.247 e. The molecule has 0 bridgehead atoms. The Hall–Kier alpha value is -4.26. The van der Waals surface area contributed by atoms with Crippen LogP contribution >= 0.6 is 0 Å². The van der Waals surface area contributed by atoms with Gasteiger partial charge in [0.25, 0.3) is 0 Å². The average Bonchev–Trinajstić information content (AvgIpc) is 3.61. The average molecular weight is 524 g/mol. The summed E-state index contributed by atoms with van der Waals surface area (Å²) in [4.78, 5) is 33.2. The highest BCUT2D eigenvalue weighted by molar-refractivity contribution is 5.92. The number of para-hydroxylation sites is 1. The van der Waals surface area contributed by atoms with Crippen LogP contribution in [0.5, 0.6) is 11.5 Å². The van der Waals surface area contributed by atoms with Gasteiger partial charge in [-0.05, 0) is 47.7 Å². The van der Waals surface area contributed by atoms with E-state index in [1.807, 2.05) is 79.0 Å². The first kappa shape index (κ1) is 25.0. The molecule has 1 aliphatic heterocycles. The van der Waals surface area contributed by atoms with Crippen molar-refractivity contribution < 1.29 is 19.1 Å². The topological polar surface area (TPSA) is 83.7 Å². The number of H-pyrrole nitrogens is 1. The fourth-order valence-electron chi connectivity index (χ4n) is 5.74. The lowest BCUT2D eigenvalue weighted by atomic mass is 9.94. The van der Waals surface area contributed by atoms with Gasteiger partial charge in [-0.25, -0.2) is 0 Å². The SMILES string of the molecule is O=C(NC1CCCCC1)[C@@H](c1ccccc1)N(Cc1ccc2c(c1)OCO2)C(=O)Cc1c[nH]c2ccccc12. The molecule has 7 heteroatoms. The van der Waals surface area contributed by atoms with E-state index in [0.717, 1.165) is 53.3 Å². The smallest absolute Gasteiger partial charge is 0.247 e. The number of hydrogen-bond acceptors (Lipinski definition) is 4. The predicted octanol–water partition coefficient (Wildman–Crippen LogP) is 5.66. The van der Waals surface area contributed by atoms with Gasteiger partial charge in [0.2, 0.25) is 18.6 Å². The number of ether oxygens (including phenoxy) is 2. The lowest BCUT2D eigenvalue weighted by Crippen LogP contribution is -2.47. The van der Waals surface area contributed by atoms with Gasteiger partial charge in [-0.1, -0.05) is 73.9 Å². The lowest BCUT2D eigenvalue weighted by Gasteiger charge is -2.33. The number of carbonyl (C=O) groups excluding carboxylic acids is 2. The Balaban J connectivity index is 1.36. The van der Waals surface area contributed by atoms with Gasteiger partial charge in [0, 0.05) is 29.7 Å². The summed E-state index contributed by atoms with van der Waals surface area (Å²) in [5.41, 5.74) is 3.56. The molecule has 1 aliphatic carbocycles. The fourth-order valence-corrected chi connectivity index (χ4v) is 5.74. The van der Waals surface area contributed by atoms with E-state index in [1.54, 1.807) is 4.90 Å². The summed E-state index contributed by atoms with van der Waals surface area (Å²) in [6.07, 6.45) is 7.43. The fraction of sp³-hybridized carbons (Fsp3) is 0.312. The summed E-state index contributed by atoms with van der Waals surface area (Å²) in [6.45, 7) is 0.438. The number of carbonyl (C=O) groups is 2. The maximum atomic E-state index is 14.2. The first-order chi connectivity index (χ1) is 19.2. The van der Waals surface area contributed by atoms with Crippen molar-refractivity contribution in [1.82, 2.24) is 15.2 Å². The Morgan fingerprint density at radius 2 is 1.69 bits per heavy atom. The standard InChI is InChI=1S/C32H33N3O4/c36-30(18-24-19-33-27-14-8-7-13-26(24)27)35(20-22-15-16-28-29(17-22)39-21-38-28)31(23-9-3-1-4-10-23)32(37)34-25-11-5-2-6-12-25/h1,3-4,7-10,13-17,19,25,31,33H,2,5-6,11-12,18,20-21H2,(H,34,37)/t31-/m1/s1. The highest BCUT2D eigenvalue weighted by atomic mass is 16.7. The van der Waals surface area contributed by atoms with Crippen molar-refractivity contribution in [3.8, 4) is 11.5 Å². The number of rotatable bonds is 8. The van der Waals surface area contributed by atoms with Crippen LogP contribution in [0.4, 0.5) is 0 Å². The second-order valence-corrected chi connectivity index (χ2v) is 10.4. The number of amides is 2. The van der Waals surface area contributed by atoms with Gasteiger partial charge >= 0.3 is 0 Å². The normalized spacial score (nSPS) is 15.7. The molecule has 200 valence electrons. The molecule has 6 rings (SSSR count). The molecular weight excluding hydrogens is 490 g/mol. The number of nitrogens with zero attached hydrogens (tertiary/aromatic N) is 1. The van der Waals surface area contributed by atoms with E-state index in [4.69, 9.17) is 9.47 Å². The van der Waals surface area contributed by atoms with E-state index in [9.17, 15) is 9.59 Å². The van der Waals surface area contributed by atoms with Crippen LogP contribution in [0.15, 0.2) is 79.0 Å². The van der Waals surface area contributed by atoms with Crippen LogP contribution in [-0.2, 0) is 22.6 Å². The Bertz CT molecular complexity index is 1460.